The molecule has 0 radical (unpaired) electrons. The second kappa shape index (κ2) is 14.7. The zero-order valence-corrected chi connectivity index (χ0v) is 22.2. The number of methoxy groups -OCH3 is 2. The van der Waals surface area contributed by atoms with Gasteiger partial charge in [-0.2, -0.15) is 0 Å². The van der Waals surface area contributed by atoms with Crippen LogP contribution in [0.4, 0.5) is 5.69 Å². The molecule has 33 heavy (non-hydrogen) atoms. The maximum atomic E-state index is 5.74. The normalized spacial score (nSPS) is 14.3. The average molecular weight is 569 g/mol. The zero-order chi connectivity index (χ0) is 22.6. The molecule has 2 aromatic carbocycles. The quantitative estimate of drug-likeness (QED) is 0.193. The van der Waals surface area contributed by atoms with E-state index in [1.54, 1.807) is 14.2 Å². The smallest absolute Gasteiger partial charge is 0.191 e. The summed E-state index contributed by atoms with van der Waals surface area (Å²) in [5.74, 6) is 3.43. The Hall–Kier alpha value is -2.36. The molecule has 3 rings (SSSR count). The third kappa shape index (κ3) is 8.83. The van der Waals surface area contributed by atoms with Crippen LogP contribution in [-0.2, 0) is 0 Å². The van der Waals surface area contributed by atoms with Crippen LogP contribution in [0.2, 0.25) is 0 Å². The molecule has 1 fully saturated rings. The maximum absolute atomic E-state index is 5.74. The largest absolute Gasteiger partial charge is 0.497 e. The Balaban J connectivity index is 0.00000385. The van der Waals surface area contributed by atoms with Gasteiger partial charge in [0.1, 0.15) is 17.2 Å². The van der Waals surface area contributed by atoms with Gasteiger partial charge in [0.15, 0.2) is 5.96 Å². The topological polar surface area (TPSA) is 67.4 Å². The molecule has 1 saturated heterocycles. The summed E-state index contributed by atoms with van der Waals surface area (Å²) < 4.78 is 16.6. The number of halogens is 1. The minimum atomic E-state index is 0. The highest BCUT2D eigenvalue weighted by molar-refractivity contribution is 14.0. The molecule has 0 aliphatic carbocycles. The van der Waals surface area contributed by atoms with Crippen molar-refractivity contribution in [1.29, 1.82) is 0 Å². The minimum Gasteiger partial charge on any atom is -0.497 e. The number of para-hydroxylation sites is 1. The fourth-order valence-corrected chi connectivity index (χ4v) is 3.79. The number of piperidine rings is 1. The van der Waals surface area contributed by atoms with E-state index in [-0.39, 0.29) is 24.0 Å². The number of nitrogens with zero attached hydrogens (tertiary/aromatic N) is 2. The van der Waals surface area contributed by atoms with E-state index in [1.807, 2.05) is 43.4 Å². The molecule has 182 valence electrons. The van der Waals surface area contributed by atoms with Crippen molar-refractivity contribution in [2.75, 3.05) is 52.4 Å². The third-order valence-electron chi connectivity index (χ3n) is 5.64. The van der Waals surface area contributed by atoms with Gasteiger partial charge in [0, 0.05) is 56.6 Å². The molecule has 2 N–H and O–H groups in total. The van der Waals surface area contributed by atoms with Gasteiger partial charge in [0.2, 0.25) is 0 Å². The third-order valence-corrected chi connectivity index (χ3v) is 5.64. The van der Waals surface area contributed by atoms with Crippen LogP contribution in [0.25, 0.3) is 0 Å². The molecule has 0 unspecified atom stereocenters. The summed E-state index contributed by atoms with van der Waals surface area (Å²) in [6, 6.07) is 16.4. The highest BCUT2D eigenvalue weighted by Gasteiger charge is 2.21. The van der Waals surface area contributed by atoms with E-state index >= 15 is 0 Å². The van der Waals surface area contributed by atoms with Crippen LogP contribution in [-0.4, -0.2) is 59.5 Å². The number of rotatable bonds is 10. The molecule has 8 heteroatoms. The van der Waals surface area contributed by atoms with Crippen molar-refractivity contribution in [3.8, 4) is 17.2 Å². The summed E-state index contributed by atoms with van der Waals surface area (Å²) in [5.41, 5.74) is 1.14. The van der Waals surface area contributed by atoms with E-state index in [4.69, 9.17) is 14.2 Å². The standard InChI is InChI=1S/C25H36N4O3.HI/c1-26-25(27-13-7-8-16-32-22-9-5-4-6-10-22)28-20-11-14-29(15-12-20)21-17-23(30-2)19-24(18-21)31-3;/h4-6,9-10,17-20H,7-8,11-16H2,1-3H3,(H2,26,27,28);1H. The molecule has 0 spiro atoms. The molecule has 7 nitrogen and oxygen atoms in total. The summed E-state index contributed by atoms with van der Waals surface area (Å²) >= 11 is 0. The molecule has 1 aliphatic heterocycles. The summed E-state index contributed by atoms with van der Waals surface area (Å²) in [6.45, 7) is 3.55. The number of nitrogens with one attached hydrogen (secondary N) is 2. The first kappa shape index (κ1) is 26.9. The number of aliphatic imine (C=N–C) groups is 1. The molecule has 2 aromatic rings. The van der Waals surface area contributed by atoms with Crippen molar-refractivity contribution in [3.05, 3.63) is 48.5 Å². The van der Waals surface area contributed by atoms with E-state index in [0.717, 1.165) is 80.8 Å². The van der Waals surface area contributed by atoms with Gasteiger partial charge in [-0.3, -0.25) is 4.99 Å². The van der Waals surface area contributed by atoms with Crippen molar-refractivity contribution in [3.63, 3.8) is 0 Å². The first-order valence-corrected chi connectivity index (χ1v) is 11.3. The number of ether oxygens (including phenoxy) is 3. The van der Waals surface area contributed by atoms with Crippen LogP contribution in [0, 0.1) is 0 Å². The molecule has 0 saturated carbocycles. The minimum absolute atomic E-state index is 0. The highest BCUT2D eigenvalue weighted by atomic mass is 127. The number of anilines is 1. The molecular weight excluding hydrogens is 531 g/mol. The maximum Gasteiger partial charge on any atom is 0.191 e. The molecule has 0 aromatic heterocycles. The Morgan fingerprint density at radius 1 is 0.970 bits per heavy atom. The monoisotopic (exact) mass is 568 g/mol. The van der Waals surface area contributed by atoms with Crippen molar-refractivity contribution >= 4 is 35.6 Å². The summed E-state index contributed by atoms with van der Waals surface area (Å²) in [7, 11) is 5.19. The fraction of sp³-hybridized carbons (Fsp3) is 0.480. The molecule has 0 atom stereocenters. The Bertz CT molecular complexity index is 821. The van der Waals surface area contributed by atoms with Crippen LogP contribution in [0.3, 0.4) is 0 Å². The summed E-state index contributed by atoms with van der Waals surface area (Å²) in [4.78, 5) is 6.77. The second-order valence-electron chi connectivity index (χ2n) is 7.84. The number of hydrogen-bond acceptors (Lipinski definition) is 5. The Morgan fingerprint density at radius 2 is 1.64 bits per heavy atom. The van der Waals surface area contributed by atoms with Crippen LogP contribution in [0.1, 0.15) is 25.7 Å². The first-order valence-electron chi connectivity index (χ1n) is 11.3. The van der Waals surface area contributed by atoms with E-state index in [0.29, 0.717) is 6.04 Å². The van der Waals surface area contributed by atoms with E-state index in [9.17, 15) is 0 Å². The predicted molar refractivity (Wildman–Crippen MR) is 146 cm³/mol. The second-order valence-corrected chi connectivity index (χ2v) is 7.84. The summed E-state index contributed by atoms with van der Waals surface area (Å²) in [6.07, 6.45) is 4.13. The van der Waals surface area contributed by atoms with Gasteiger partial charge in [-0.15, -0.1) is 24.0 Å². The molecule has 0 amide bonds. The SMILES string of the molecule is CN=C(NCCCCOc1ccccc1)NC1CCN(c2cc(OC)cc(OC)c2)CC1.I. The van der Waals surface area contributed by atoms with E-state index < -0.39 is 0 Å². The van der Waals surface area contributed by atoms with Crippen LogP contribution >= 0.6 is 24.0 Å². The van der Waals surface area contributed by atoms with Gasteiger partial charge in [0.25, 0.3) is 0 Å². The van der Waals surface area contributed by atoms with Crippen LogP contribution in [0.15, 0.2) is 53.5 Å². The van der Waals surface area contributed by atoms with Crippen LogP contribution in [0.5, 0.6) is 17.2 Å². The van der Waals surface area contributed by atoms with Gasteiger partial charge >= 0.3 is 0 Å². The Morgan fingerprint density at radius 3 is 2.24 bits per heavy atom. The van der Waals surface area contributed by atoms with Crippen LogP contribution < -0.4 is 29.7 Å². The summed E-state index contributed by atoms with van der Waals surface area (Å²) in [5, 5.41) is 7.00. The van der Waals surface area contributed by atoms with Crippen molar-refractivity contribution in [1.82, 2.24) is 10.6 Å². The lowest BCUT2D eigenvalue weighted by Crippen LogP contribution is -2.48. The van der Waals surface area contributed by atoms with Gasteiger partial charge in [-0.1, -0.05) is 18.2 Å². The van der Waals surface area contributed by atoms with Gasteiger partial charge in [-0.25, -0.2) is 0 Å². The number of unbranched alkanes of at least 4 members (excludes halogenated alkanes) is 1. The predicted octanol–water partition coefficient (Wildman–Crippen LogP) is 4.31. The first-order chi connectivity index (χ1) is 15.7. The lowest BCUT2D eigenvalue weighted by Gasteiger charge is -2.34. The number of benzene rings is 2. The lowest BCUT2D eigenvalue weighted by atomic mass is 10.0. The highest BCUT2D eigenvalue weighted by Crippen LogP contribution is 2.30. The molecule has 0 bridgehead atoms. The molecule has 1 aliphatic rings. The Labute approximate surface area is 214 Å². The molecular formula is C25H37IN4O3. The van der Waals surface area contributed by atoms with E-state index in [1.165, 1.54) is 0 Å². The fourth-order valence-electron chi connectivity index (χ4n) is 3.79. The van der Waals surface area contributed by atoms with E-state index in [2.05, 4.69) is 32.7 Å². The van der Waals surface area contributed by atoms with Gasteiger partial charge < -0.3 is 29.7 Å². The van der Waals surface area contributed by atoms with Crippen molar-refractivity contribution < 1.29 is 14.2 Å². The van der Waals surface area contributed by atoms with Crippen molar-refractivity contribution in [2.24, 2.45) is 4.99 Å². The van der Waals surface area contributed by atoms with Gasteiger partial charge in [-0.05, 0) is 37.8 Å². The molecule has 1 heterocycles. The number of guanidine groups is 1. The zero-order valence-electron chi connectivity index (χ0n) is 19.9. The van der Waals surface area contributed by atoms with Crippen molar-refractivity contribution in [2.45, 2.75) is 31.7 Å². The average Bonchev–Trinajstić information content (AvgIpc) is 2.86. The lowest BCUT2D eigenvalue weighted by molar-refractivity contribution is 0.307. The Kier molecular flexibility index (Phi) is 12.0. The number of hydrogen-bond donors (Lipinski definition) is 2. The van der Waals surface area contributed by atoms with Gasteiger partial charge in [0.05, 0.1) is 20.8 Å².